The maximum Gasteiger partial charge on any atom is 0.161 e. The van der Waals surface area contributed by atoms with E-state index in [-0.39, 0.29) is 0 Å². The average molecular weight is 282 g/mol. The first kappa shape index (κ1) is 14.0. The second-order valence-corrected chi connectivity index (χ2v) is 5.68. The van der Waals surface area contributed by atoms with Crippen molar-refractivity contribution in [3.63, 3.8) is 0 Å². The second-order valence-electron chi connectivity index (χ2n) is 5.68. The van der Waals surface area contributed by atoms with Crippen molar-refractivity contribution in [2.75, 3.05) is 5.43 Å². The van der Waals surface area contributed by atoms with Crippen LogP contribution in [0.5, 0.6) is 0 Å². The molecule has 1 aromatic heterocycles. The normalized spacial score (nSPS) is 15.3. The minimum atomic E-state index is 0.550. The largest absolute Gasteiger partial charge is 0.308 e. The van der Waals surface area contributed by atoms with E-state index in [0.29, 0.717) is 11.7 Å². The Labute approximate surface area is 125 Å². The Bertz CT molecular complexity index is 601. The lowest BCUT2D eigenvalue weighted by atomic mass is 10.0. The fourth-order valence-electron chi connectivity index (χ4n) is 2.99. The van der Waals surface area contributed by atoms with Gasteiger partial charge in [-0.05, 0) is 24.8 Å². The number of benzene rings is 1. The number of hydrogen-bond donors (Lipinski definition) is 2. The molecular formula is C17H22N4. The minimum absolute atomic E-state index is 0.550. The summed E-state index contributed by atoms with van der Waals surface area (Å²) in [7, 11) is 0. The highest BCUT2D eigenvalue weighted by atomic mass is 15.3. The number of nitrogen functional groups attached to an aromatic ring is 1. The summed E-state index contributed by atoms with van der Waals surface area (Å²) in [5.74, 6) is 7.57. The average Bonchev–Trinajstić information content (AvgIpc) is 3.09. The third kappa shape index (κ3) is 3.05. The molecule has 1 aliphatic carbocycles. The lowest BCUT2D eigenvalue weighted by Crippen LogP contribution is -2.11. The molecule has 1 fully saturated rings. The van der Waals surface area contributed by atoms with Gasteiger partial charge in [-0.1, -0.05) is 44.0 Å². The molecule has 0 aliphatic heterocycles. The highest BCUT2D eigenvalue weighted by Gasteiger charge is 2.20. The zero-order valence-corrected chi connectivity index (χ0v) is 12.5. The van der Waals surface area contributed by atoms with Crippen molar-refractivity contribution >= 4 is 5.82 Å². The van der Waals surface area contributed by atoms with Crippen LogP contribution in [0.1, 0.15) is 49.8 Å². The molecule has 1 saturated carbocycles. The summed E-state index contributed by atoms with van der Waals surface area (Å²) in [6.45, 7) is 2.16. The summed E-state index contributed by atoms with van der Waals surface area (Å²) in [5, 5.41) is 0. The van der Waals surface area contributed by atoms with Gasteiger partial charge in [0.15, 0.2) is 5.82 Å². The Hall–Kier alpha value is -1.94. The molecule has 1 aromatic carbocycles. The van der Waals surface area contributed by atoms with E-state index >= 15 is 0 Å². The topological polar surface area (TPSA) is 63.8 Å². The van der Waals surface area contributed by atoms with E-state index in [2.05, 4.69) is 41.6 Å². The van der Waals surface area contributed by atoms with Crippen molar-refractivity contribution in [1.29, 1.82) is 0 Å². The van der Waals surface area contributed by atoms with Crippen LogP contribution < -0.4 is 11.3 Å². The van der Waals surface area contributed by atoms with Gasteiger partial charge in [0, 0.05) is 23.2 Å². The molecule has 0 spiro atoms. The summed E-state index contributed by atoms with van der Waals surface area (Å²) in [4.78, 5) is 9.28. The summed E-state index contributed by atoms with van der Waals surface area (Å²) in [6, 6.07) is 10.4. The Morgan fingerprint density at radius 1 is 1.14 bits per heavy atom. The molecule has 0 radical (unpaired) electrons. The molecule has 3 rings (SSSR count). The number of rotatable bonds is 4. The molecule has 0 bridgehead atoms. The zero-order chi connectivity index (χ0) is 14.7. The van der Waals surface area contributed by atoms with E-state index in [4.69, 9.17) is 10.8 Å². The van der Waals surface area contributed by atoms with Gasteiger partial charge in [-0.15, -0.1) is 0 Å². The number of hydrogen-bond acceptors (Lipinski definition) is 4. The van der Waals surface area contributed by atoms with Crippen molar-refractivity contribution in [2.24, 2.45) is 5.84 Å². The molecule has 3 N–H and O–H groups in total. The van der Waals surface area contributed by atoms with Gasteiger partial charge in [-0.2, -0.15) is 0 Å². The number of aromatic nitrogens is 2. The molecular weight excluding hydrogens is 260 g/mol. The lowest BCUT2D eigenvalue weighted by Gasteiger charge is -2.12. The fraction of sp³-hybridized carbons (Fsp3) is 0.412. The van der Waals surface area contributed by atoms with Crippen molar-refractivity contribution in [3.8, 4) is 11.4 Å². The second kappa shape index (κ2) is 6.22. The Kier molecular flexibility index (Phi) is 4.15. The van der Waals surface area contributed by atoms with Gasteiger partial charge in [0.05, 0.1) is 0 Å². The van der Waals surface area contributed by atoms with Crippen LogP contribution in [0.25, 0.3) is 11.4 Å². The van der Waals surface area contributed by atoms with E-state index in [0.717, 1.165) is 23.5 Å². The Balaban J connectivity index is 1.97. The predicted molar refractivity (Wildman–Crippen MR) is 85.9 cm³/mol. The maximum atomic E-state index is 5.57. The van der Waals surface area contributed by atoms with Crippen LogP contribution in [0.2, 0.25) is 0 Å². The van der Waals surface area contributed by atoms with Gasteiger partial charge in [-0.3, -0.25) is 0 Å². The number of hydrazine groups is 1. The van der Waals surface area contributed by atoms with Crippen LogP contribution in [0.15, 0.2) is 30.3 Å². The van der Waals surface area contributed by atoms with Crippen LogP contribution in [0, 0.1) is 0 Å². The van der Waals surface area contributed by atoms with Crippen LogP contribution in [0.3, 0.4) is 0 Å². The smallest absolute Gasteiger partial charge is 0.161 e. The minimum Gasteiger partial charge on any atom is -0.308 e. The number of nitrogens with two attached hydrogens (primary N) is 1. The van der Waals surface area contributed by atoms with Gasteiger partial charge in [0.25, 0.3) is 0 Å². The molecule has 110 valence electrons. The van der Waals surface area contributed by atoms with Crippen LogP contribution >= 0.6 is 0 Å². The Morgan fingerprint density at radius 2 is 1.86 bits per heavy atom. The molecule has 2 aromatic rings. The SMILES string of the molecule is CCc1ccc(-c2nc(NN)cc(C3CCCC3)n2)cc1. The molecule has 0 amide bonds. The first-order chi connectivity index (χ1) is 10.3. The van der Waals surface area contributed by atoms with E-state index < -0.39 is 0 Å². The number of aryl methyl sites for hydroxylation is 1. The van der Waals surface area contributed by atoms with Gasteiger partial charge >= 0.3 is 0 Å². The molecule has 1 aliphatic rings. The number of nitrogens with one attached hydrogen (secondary N) is 1. The van der Waals surface area contributed by atoms with Crippen LogP contribution in [0.4, 0.5) is 5.82 Å². The highest BCUT2D eigenvalue weighted by molar-refractivity contribution is 5.58. The van der Waals surface area contributed by atoms with Crippen LogP contribution in [-0.4, -0.2) is 9.97 Å². The maximum absolute atomic E-state index is 5.57. The van der Waals surface area contributed by atoms with Crippen molar-refractivity contribution in [2.45, 2.75) is 44.9 Å². The third-order valence-electron chi connectivity index (χ3n) is 4.29. The van der Waals surface area contributed by atoms with Crippen molar-refractivity contribution < 1.29 is 0 Å². The summed E-state index contributed by atoms with van der Waals surface area (Å²) >= 11 is 0. The number of nitrogens with zero attached hydrogens (tertiary/aromatic N) is 2. The summed E-state index contributed by atoms with van der Waals surface area (Å²) in [6.07, 6.45) is 6.06. The summed E-state index contributed by atoms with van der Waals surface area (Å²) < 4.78 is 0. The lowest BCUT2D eigenvalue weighted by molar-refractivity contribution is 0.695. The van der Waals surface area contributed by atoms with E-state index in [1.165, 1.54) is 31.2 Å². The van der Waals surface area contributed by atoms with E-state index in [1.807, 2.05) is 6.07 Å². The van der Waals surface area contributed by atoms with Gasteiger partial charge < -0.3 is 5.43 Å². The molecule has 0 unspecified atom stereocenters. The number of anilines is 1. The molecule has 0 saturated heterocycles. The fourth-order valence-corrected chi connectivity index (χ4v) is 2.99. The standard InChI is InChI=1S/C17H22N4/c1-2-12-7-9-14(10-8-12)17-19-15(11-16(20-17)21-18)13-5-3-4-6-13/h7-11,13H,2-6,18H2,1H3,(H,19,20,21). The van der Waals surface area contributed by atoms with E-state index in [1.54, 1.807) is 0 Å². The van der Waals surface area contributed by atoms with Gasteiger partial charge in [0.1, 0.15) is 5.82 Å². The molecule has 4 heteroatoms. The zero-order valence-electron chi connectivity index (χ0n) is 12.5. The monoisotopic (exact) mass is 282 g/mol. The molecule has 0 atom stereocenters. The van der Waals surface area contributed by atoms with Crippen LogP contribution in [-0.2, 0) is 6.42 Å². The molecule has 1 heterocycles. The van der Waals surface area contributed by atoms with Gasteiger partial charge in [0.2, 0.25) is 0 Å². The van der Waals surface area contributed by atoms with Crippen molar-refractivity contribution in [1.82, 2.24) is 9.97 Å². The quantitative estimate of drug-likeness (QED) is 0.663. The predicted octanol–water partition coefficient (Wildman–Crippen LogP) is 3.65. The first-order valence-electron chi connectivity index (χ1n) is 7.75. The summed E-state index contributed by atoms with van der Waals surface area (Å²) in [5.41, 5.74) is 6.16. The van der Waals surface area contributed by atoms with Crippen molar-refractivity contribution in [3.05, 3.63) is 41.6 Å². The molecule has 21 heavy (non-hydrogen) atoms. The Morgan fingerprint density at radius 3 is 2.48 bits per heavy atom. The van der Waals surface area contributed by atoms with Gasteiger partial charge in [-0.25, -0.2) is 15.8 Å². The van der Waals surface area contributed by atoms with E-state index in [9.17, 15) is 0 Å². The highest BCUT2D eigenvalue weighted by Crippen LogP contribution is 2.34. The first-order valence-corrected chi connectivity index (χ1v) is 7.75. The molecule has 4 nitrogen and oxygen atoms in total. The third-order valence-corrected chi connectivity index (χ3v) is 4.29.